The lowest BCUT2D eigenvalue weighted by Crippen LogP contribution is -2.01. The molecule has 0 spiro atoms. The lowest BCUT2D eigenvalue weighted by molar-refractivity contribution is -0.132. The minimum atomic E-state index is -0.896. The fraction of sp³-hybridized carbons (Fsp3) is 0.700. The Morgan fingerprint density at radius 2 is 2.08 bits per heavy atom. The van der Waals surface area contributed by atoms with Crippen LogP contribution in [-0.4, -0.2) is 23.3 Å². The van der Waals surface area contributed by atoms with Crippen molar-refractivity contribution in [2.75, 3.05) is 0 Å². The number of epoxide rings is 1. The molecular formula is C10H16O3. The first-order valence-electron chi connectivity index (χ1n) is 4.71. The summed E-state index contributed by atoms with van der Waals surface area (Å²) in [7, 11) is 0. The number of hydrogen-bond acceptors (Lipinski definition) is 2. The van der Waals surface area contributed by atoms with Crippen LogP contribution >= 0.6 is 0 Å². The fourth-order valence-corrected chi connectivity index (χ4v) is 1.39. The zero-order chi connectivity index (χ0) is 9.84. The average molecular weight is 184 g/mol. The summed E-state index contributed by atoms with van der Waals surface area (Å²) in [4.78, 5) is 10.4. The molecule has 3 nitrogen and oxygen atoms in total. The van der Waals surface area contributed by atoms with Crippen LogP contribution in [0.4, 0.5) is 0 Å². The minimum absolute atomic E-state index is 0.283. The van der Waals surface area contributed by atoms with Crippen molar-refractivity contribution in [1.29, 1.82) is 0 Å². The van der Waals surface area contributed by atoms with Gasteiger partial charge in [-0.2, -0.15) is 0 Å². The van der Waals surface area contributed by atoms with E-state index >= 15 is 0 Å². The molecule has 0 saturated carbocycles. The largest absolute Gasteiger partial charge is 0.478 e. The molecule has 0 amide bonds. The van der Waals surface area contributed by atoms with Crippen LogP contribution in [-0.2, 0) is 9.53 Å². The molecule has 1 aliphatic heterocycles. The van der Waals surface area contributed by atoms with Gasteiger partial charge in [0.2, 0.25) is 0 Å². The first-order chi connectivity index (χ1) is 6.15. The van der Waals surface area contributed by atoms with Crippen LogP contribution in [0.1, 0.15) is 32.6 Å². The lowest BCUT2D eigenvalue weighted by atomic mass is 10.1. The van der Waals surface area contributed by atoms with Crippen molar-refractivity contribution in [2.45, 2.75) is 44.8 Å². The van der Waals surface area contributed by atoms with Crippen LogP contribution in [0, 0.1) is 0 Å². The lowest BCUT2D eigenvalue weighted by Gasteiger charge is -1.96. The van der Waals surface area contributed by atoms with Gasteiger partial charge in [-0.1, -0.05) is 19.9 Å². The Balaban J connectivity index is 2.09. The zero-order valence-electron chi connectivity index (χ0n) is 7.95. The molecule has 0 aliphatic carbocycles. The van der Waals surface area contributed by atoms with E-state index in [0.717, 1.165) is 19.3 Å². The van der Waals surface area contributed by atoms with E-state index in [9.17, 15) is 4.79 Å². The standard InChI is InChI=1S/C10H16O3/c1-3-4-8-9(13-8)6-5-7(2)10(11)12/h8-9H,2-6H2,1H3,(H,11,12). The molecule has 1 heterocycles. The van der Waals surface area contributed by atoms with E-state index in [0.29, 0.717) is 12.5 Å². The zero-order valence-corrected chi connectivity index (χ0v) is 7.95. The van der Waals surface area contributed by atoms with Crippen molar-refractivity contribution in [2.24, 2.45) is 0 Å². The third-order valence-corrected chi connectivity index (χ3v) is 2.29. The van der Waals surface area contributed by atoms with E-state index < -0.39 is 5.97 Å². The monoisotopic (exact) mass is 184 g/mol. The van der Waals surface area contributed by atoms with Crippen molar-refractivity contribution >= 4 is 5.97 Å². The maximum absolute atomic E-state index is 10.4. The van der Waals surface area contributed by atoms with Crippen LogP contribution in [0.15, 0.2) is 12.2 Å². The topological polar surface area (TPSA) is 49.8 Å². The average Bonchev–Trinajstić information content (AvgIpc) is 2.80. The van der Waals surface area contributed by atoms with Gasteiger partial charge >= 0.3 is 5.97 Å². The molecule has 0 aromatic rings. The molecular weight excluding hydrogens is 168 g/mol. The van der Waals surface area contributed by atoms with Gasteiger partial charge in [0.25, 0.3) is 0 Å². The SMILES string of the molecule is C=C(CCC1OC1CCC)C(=O)O. The molecule has 1 fully saturated rings. The van der Waals surface area contributed by atoms with E-state index in [1.165, 1.54) is 0 Å². The van der Waals surface area contributed by atoms with Crippen molar-refractivity contribution < 1.29 is 14.6 Å². The number of rotatable bonds is 6. The van der Waals surface area contributed by atoms with E-state index in [4.69, 9.17) is 9.84 Å². The summed E-state index contributed by atoms with van der Waals surface area (Å²) in [6.07, 6.45) is 4.23. The van der Waals surface area contributed by atoms with Gasteiger partial charge < -0.3 is 9.84 Å². The van der Waals surface area contributed by atoms with Crippen LogP contribution < -0.4 is 0 Å². The maximum Gasteiger partial charge on any atom is 0.330 e. The summed E-state index contributed by atoms with van der Waals surface area (Å²) < 4.78 is 5.35. The Kier molecular flexibility index (Phi) is 3.48. The van der Waals surface area contributed by atoms with Gasteiger partial charge in [-0.05, 0) is 19.3 Å². The highest BCUT2D eigenvalue weighted by Gasteiger charge is 2.37. The molecule has 0 aromatic heterocycles. The van der Waals surface area contributed by atoms with E-state index in [-0.39, 0.29) is 11.7 Å². The molecule has 13 heavy (non-hydrogen) atoms. The van der Waals surface area contributed by atoms with Crippen LogP contribution in [0.2, 0.25) is 0 Å². The Labute approximate surface area is 78.4 Å². The van der Waals surface area contributed by atoms with Gasteiger partial charge in [0.1, 0.15) is 0 Å². The number of aliphatic carboxylic acids is 1. The molecule has 2 unspecified atom stereocenters. The van der Waals surface area contributed by atoms with Crippen LogP contribution in [0.25, 0.3) is 0 Å². The minimum Gasteiger partial charge on any atom is -0.478 e. The normalized spacial score (nSPS) is 25.6. The number of carboxylic acid groups (broad SMARTS) is 1. The van der Waals surface area contributed by atoms with Crippen LogP contribution in [0.5, 0.6) is 0 Å². The first-order valence-corrected chi connectivity index (χ1v) is 4.71. The summed E-state index contributed by atoms with van der Waals surface area (Å²) >= 11 is 0. The third-order valence-electron chi connectivity index (χ3n) is 2.29. The molecule has 1 N–H and O–H groups in total. The van der Waals surface area contributed by atoms with E-state index in [1.54, 1.807) is 0 Å². The predicted octanol–water partition coefficient (Wildman–Crippen LogP) is 1.97. The smallest absolute Gasteiger partial charge is 0.330 e. The van der Waals surface area contributed by atoms with Gasteiger partial charge in [-0.25, -0.2) is 4.79 Å². The van der Waals surface area contributed by atoms with Crippen molar-refractivity contribution in [1.82, 2.24) is 0 Å². The highest BCUT2D eigenvalue weighted by atomic mass is 16.6. The van der Waals surface area contributed by atoms with Crippen molar-refractivity contribution in [3.05, 3.63) is 12.2 Å². The summed E-state index contributed by atoms with van der Waals surface area (Å²) in [6, 6.07) is 0. The fourth-order valence-electron chi connectivity index (χ4n) is 1.39. The molecule has 2 atom stereocenters. The Morgan fingerprint density at radius 3 is 2.62 bits per heavy atom. The number of carboxylic acids is 1. The van der Waals surface area contributed by atoms with E-state index in [1.807, 2.05) is 0 Å². The molecule has 3 heteroatoms. The molecule has 1 rings (SSSR count). The molecule has 0 bridgehead atoms. The van der Waals surface area contributed by atoms with Gasteiger partial charge in [-0.3, -0.25) is 0 Å². The van der Waals surface area contributed by atoms with Crippen LogP contribution in [0.3, 0.4) is 0 Å². The second-order valence-electron chi connectivity index (χ2n) is 3.45. The third kappa shape index (κ3) is 3.19. The molecule has 74 valence electrons. The molecule has 0 radical (unpaired) electrons. The Morgan fingerprint density at radius 1 is 1.46 bits per heavy atom. The highest BCUT2D eigenvalue weighted by Crippen LogP contribution is 2.31. The quantitative estimate of drug-likeness (QED) is 0.507. The first kappa shape index (κ1) is 10.3. The predicted molar refractivity (Wildman–Crippen MR) is 49.6 cm³/mol. The van der Waals surface area contributed by atoms with Gasteiger partial charge in [0.05, 0.1) is 12.2 Å². The highest BCUT2D eigenvalue weighted by molar-refractivity contribution is 5.85. The Hall–Kier alpha value is -0.830. The summed E-state index contributed by atoms with van der Waals surface area (Å²) in [5.41, 5.74) is 0.283. The van der Waals surface area contributed by atoms with Crippen molar-refractivity contribution in [3.63, 3.8) is 0 Å². The Bertz CT molecular complexity index is 210. The summed E-state index contributed by atoms with van der Waals surface area (Å²) in [5.74, 6) is -0.896. The maximum atomic E-state index is 10.4. The summed E-state index contributed by atoms with van der Waals surface area (Å²) in [6.45, 7) is 5.59. The molecule has 1 saturated heterocycles. The van der Waals surface area contributed by atoms with Gasteiger partial charge in [0.15, 0.2) is 0 Å². The second-order valence-corrected chi connectivity index (χ2v) is 3.45. The van der Waals surface area contributed by atoms with Gasteiger partial charge in [-0.15, -0.1) is 0 Å². The number of ether oxygens (including phenoxy) is 1. The second kappa shape index (κ2) is 4.42. The number of hydrogen-bond donors (Lipinski definition) is 1. The number of carbonyl (C=O) groups is 1. The summed E-state index contributed by atoms with van der Waals surface area (Å²) in [5, 5.41) is 8.54. The molecule has 1 aliphatic rings. The van der Waals surface area contributed by atoms with Gasteiger partial charge in [0, 0.05) is 5.57 Å². The van der Waals surface area contributed by atoms with Crippen molar-refractivity contribution in [3.8, 4) is 0 Å². The van der Waals surface area contributed by atoms with E-state index in [2.05, 4.69) is 13.5 Å². The molecule has 0 aromatic carbocycles.